The van der Waals surface area contributed by atoms with Crippen LogP contribution in [-0.4, -0.2) is 16.0 Å². The van der Waals surface area contributed by atoms with Crippen LogP contribution in [0.3, 0.4) is 0 Å². The number of benzene rings is 1. The fourth-order valence-electron chi connectivity index (χ4n) is 1.52. The molecule has 0 atom stereocenters. The Balaban J connectivity index is 2.35. The van der Waals surface area contributed by atoms with Gasteiger partial charge in [0.15, 0.2) is 17.3 Å². The van der Waals surface area contributed by atoms with E-state index in [2.05, 4.69) is 26.1 Å². The van der Waals surface area contributed by atoms with E-state index in [1.54, 1.807) is 18.3 Å². The third-order valence-electron chi connectivity index (χ3n) is 2.48. The Bertz CT molecular complexity index is 629. The Morgan fingerprint density at radius 3 is 2.89 bits per heavy atom. The molecule has 98 valence electrons. The van der Waals surface area contributed by atoms with Gasteiger partial charge in [0, 0.05) is 10.7 Å². The van der Waals surface area contributed by atoms with Crippen LogP contribution in [0.1, 0.15) is 11.3 Å². The maximum Gasteiger partial charge on any atom is 0.192 e. The quantitative estimate of drug-likeness (QED) is 0.394. The van der Waals surface area contributed by atoms with E-state index in [0.29, 0.717) is 17.2 Å². The lowest BCUT2D eigenvalue weighted by molar-refractivity contribution is 0.318. The topological polar surface area (TPSA) is 80.7 Å². The maximum atomic E-state index is 8.72. The lowest BCUT2D eigenvalue weighted by Crippen LogP contribution is -2.15. The number of pyridine rings is 1. The molecule has 5 nitrogen and oxygen atoms in total. The highest BCUT2D eigenvalue weighted by Crippen LogP contribution is 2.27. The van der Waals surface area contributed by atoms with Crippen molar-refractivity contribution in [2.75, 3.05) is 0 Å². The van der Waals surface area contributed by atoms with Gasteiger partial charge in [-0.1, -0.05) is 21.1 Å². The van der Waals surface area contributed by atoms with Gasteiger partial charge in [0.25, 0.3) is 0 Å². The van der Waals surface area contributed by atoms with E-state index in [9.17, 15) is 0 Å². The Hall–Kier alpha value is -2.08. The van der Waals surface area contributed by atoms with Crippen LogP contribution < -0.4 is 10.5 Å². The number of nitrogens with zero attached hydrogens (tertiary/aromatic N) is 2. The summed E-state index contributed by atoms with van der Waals surface area (Å²) in [5.41, 5.74) is 6.90. The van der Waals surface area contributed by atoms with Crippen molar-refractivity contribution < 1.29 is 9.94 Å². The summed E-state index contributed by atoms with van der Waals surface area (Å²) in [6.07, 6.45) is 1.55. The monoisotopic (exact) mass is 321 g/mol. The number of rotatable bonds is 3. The molecule has 2 rings (SSSR count). The largest absolute Gasteiger partial charge is 0.455 e. The predicted octanol–water partition coefficient (Wildman–Crippen LogP) is 3.04. The van der Waals surface area contributed by atoms with Crippen LogP contribution in [0.25, 0.3) is 0 Å². The third kappa shape index (κ3) is 3.03. The van der Waals surface area contributed by atoms with Crippen molar-refractivity contribution in [2.45, 2.75) is 6.92 Å². The lowest BCUT2D eigenvalue weighted by Gasteiger charge is -2.10. The van der Waals surface area contributed by atoms with Gasteiger partial charge in [0.05, 0.1) is 0 Å². The molecule has 19 heavy (non-hydrogen) atoms. The SMILES string of the molecule is Cc1cc(Oc2cccnc2/C(N)=N/O)ccc1Br. The standard InChI is InChI=1S/C13H12BrN3O2/c1-8-7-9(4-5-10(8)14)19-11-3-2-6-16-12(11)13(15)17-18/h2-7,18H,1H3,(H2,15,17). The summed E-state index contributed by atoms with van der Waals surface area (Å²) in [6, 6.07) is 9.02. The van der Waals surface area contributed by atoms with Crippen LogP contribution in [-0.2, 0) is 0 Å². The molecule has 0 aliphatic carbocycles. The highest BCUT2D eigenvalue weighted by molar-refractivity contribution is 9.10. The van der Waals surface area contributed by atoms with E-state index in [1.165, 1.54) is 0 Å². The molecular weight excluding hydrogens is 310 g/mol. The first-order valence-electron chi connectivity index (χ1n) is 5.48. The summed E-state index contributed by atoms with van der Waals surface area (Å²) in [5.74, 6) is 0.990. The zero-order valence-corrected chi connectivity index (χ0v) is 11.8. The first-order valence-corrected chi connectivity index (χ1v) is 6.28. The van der Waals surface area contributed by atoms with E-state index in [0.717, 1.165) is 10.0 Å². The van der Waals surface area contributed by atoms with Gasteiger partial charge in [-0.25, -0.2) is 4.98 Å². The fourth-order valence-corrected chi connectivity index (χ4v) is 1.77. The van der Waals surface area contributed by atoms with Gasteiger partial charge in [-0.2, -0.15) is 0 Å². The number of aromatic nitrogens is 1. The van der Waals surface area contributed by atoms with Crippen molar-refractivity contribution in [2.24, 2.45) is 10.9 Å². The van der Waals surface area contributed by atoms with Crippen LogP contribution >= 0.6 is 15.9 Å². The molecule has 0 radical (unpaired) electrons. The zero-order valence-electron chi connectivity index (χ0n) is 10.2. The minimum atomic E-state index is -0.0931. The van der Waals surface area contributed by atoms with Crippen LogP contribution in [0.5, 0.6) is 11.5 Å². The zero-order chi connectivity index (χ0) is 13.8. The molecule has 1 aromatic heterocycles. The summed E-state index contributed by atoms with van der Waals surface area (Å²) in [7, 11) is 0. The molecular formula is C13H12BrN3O2. The van der Waals surface area contributed by atoms with Crippen molar-refractivity contribution in [3.05, 3.63) is 52.3 Å². The lowest BCUT2D eigenvalue weighted by atomic mass is 10.2. The molecule has 1 aromatic carbocycles. The van der Waals surface area contributed by atoms with Crippen LogP contribution in [0, 0.1) is 6.92 Å². The number of hydrogen-bond donors (Lipinski definition) is 2. The molecule has 1 heterocycles. The first-order chi connectivity index (χ1) is 9.11. The summed E-state index contributed by atoms with van der Waals surface area (Å²) >= 11 is 3.42. The van der Waals surface area contributed by atoms with Crippen LogP contribution in [0.4, 0.5) is 0 Å². The normalized spacial score (nSPS) is 11.4. The second kappa shape index (κ2) is 5.71. The van der Waals surface area contributed by atoms with E-state index in [-0.39, 0.29) is 5.84 Å². The molecule has 0 bridgehead atoms. The number of nitrogens with two attached hydrogens (primary N) is 1. The van der Waals surface area contributed by atoms with Crippen molar-refractivity contribution in [3.63, 3.8) is 0 Å². The van der Waals surface area contributed by atoms with Crippen molar-refractivity contribution >= 4 is 21.8 Å². The number of oxime groups is 1. The Morgan fingerprint density at radius 1 is 1.42 bits per heavy atom. The van der Waals surface area contributed by atoms with Crippen molar-refractivity contribution in [1.82, 2.24) is 4.98 Å². The second-order valence-electron chi connectivity index (χ2n) is 3.85. The van der Waals surface area contributed by atoms with Gasteiger partial charge in [-0.3, -0.25) is 0 Å². The minimum absolute atomic E-state index is 0.0931. The third-order valence-corrected chi connectivity index (χ3v) is 3.37. The molecule has 0 aliphatic rings. The summed E-state index contributed by atoms with van der Waals surface area (Å²) in [4.78, 5) is 4.04. The minimum Gasteiger partial charge on any atom is -0.455 e. The molecule has 2 aromatic rings. The van der Waals surface area contributed by atoms with E-state index >= 15 is 0 Å². The van der Waals surface area contributed by atoms with Gasteiger partial charge < -0.3 is 15.7 Å². The molecule has 0 saturated heterocycles. The first kappa shape index (κ1) is 13.4. The number of ether oxygens (including phenoxy) is 1. The van der Waals surface area contributed by atoms with Crippen LogP contribution in [0.2, 0.25) is 0 Å². The Morgan fingerprint density at radius 2 is 2.21 bits per heavy atom. The molecule has 0 unspecified atom stereocenters. The predicted molar refractivity (Wildman–Crippen MR) is 75.7 cm³/mol. The van der Waals surface area contributed by atoms with Crippen LogP contribution in [0.15, 0.2) is 46.2 Å². The average molecular weight is 322 g/mol. The summed E-state index contributed by atoms with van der Waals surface area (Å²) in [5, 5.41) is 11.7. The van der Waals surface area contributed by atoms with Gasteiger partial charge in [-0.15, -0.1) is 0 Å². The molecule has 0 spiro atoms. The van der Waals surface area contributed by atoms with Gasteiger partial charge in [0.1, 0.15) is 5.75 Å². The maximum absolute atomic E-state index is 8.72. The van der Waals surface area contributed by atoms with Gasteiger partial charge >= 0.3 is 0 Å². The molecule has 6 heteroatoms. The molecule has 0 saturated carbocycles. The Labute approximate surface area is 118 Å². The summed E-state index contributed by atoms with van der Waals surface area (Å²) in [6.45, 7) is 1.96. The average Bonchev–Trinajstić information content (AvgIpc) is 2.43. The van der Waals surface area contributed by atoms with Gasteiger partial charge in [-0.05, 0) is 42.8 Å². The number of aryl methyl sites for hydroxylation is 1. The number of halogens is 1. The van der Waals surface area contributed by atoms with Crippen molar-refractivity contribution in [1.29, 1.82) is 0 Å². The fraction of sp³-hybridized carbons (Fsp3) is 0.0769. The van der Waals surface area contributed by atoms with E-state index < -0.39 is 0 Å². The molecule has 0 fully saturated rings. The van der Waals surface area contributed by atoms with E-state index in [4.69, 9.17) is 15.7 Å². The number of amidine groups is 1. The smallest absolute Gasteiger partial charge is 0.192 e. The van der Waals surface area contributed by atoms with Crippen molar-refractivity contribution in [3.8, 4) is 11.5 Å². The molecule has 3 N–H and O–H groups in total. The Kier molecular flexibility index (Phi) is 4.01. The summed E-state index contributed by atoms with van der Waals surface area (Å²) < 4.78 is 6.72. The second-order valence-corrected chi connectivity index (χ2v) is 4.70. The van der Waals surface area contributed by atoms with Gasteiger partial charge in [0.2, 0.25) is 0 Å². The van der Waals surface area contributed by atoms with E-state index in [1.807, 2.05) is 25.1 Å². The highest BCUT2D eigenvalue weighted by atomic mass is 79.9. The molecule has 0 amide bonds. The highest BCUT2D eigenvalue weighted by Gasteiger charge is 2.10. The number of hydrogen-bond acceptors (Lipinski definition) is 4. The molecule has 0 aliphatic heterocycles.